The molecular weight excluding hydrogens is 337 g/mol. The van der Waals surface area contributed by atoms with E-state index in [9.17, 15) is 8.42 Å². The number of morpholine rings is 1. The Morgan fingerprint density at radius 3 is 2.95 bits per heavy atom. The molecule has 2 heterocycles. The molecule has 0 amide bonds. The largest absolute Gasteiger partial charge is 0.374 e. The number of pyridine rings is 1. The van der Waals surface area contributed by atoms with Gasteiger partial charge in [0.05, 0.1) is 17.7 Å². The van der Waals surface area contributed by atoms with E-state index in [1.807, 2.05) is 0 Å². The lowest BCUT2D eigenvalue weighted by atomic mass is 10.3. The van der Waals surface area contributed by atoms with Crippen LogP contribution in [0, 0.1) is 0 Å². The summed E-state index contributed by atoms with van der Waals surface area (Å²) >= 11 is 11.5. The molecule has 1 aromatic rings. The summed E-state index contributed by atoms with van der Waals surface area (Å²) in [6, 6.07) is 1.28. The molecular formula is C12H17Cl2N3O3S. The number of halogens is 2. The summed E-state index contributed by atoms with van der Waals surface area (Å²) in [5.41, 5.74) is 0. The van der Waals surface area contributed by atoms with Gasteiger partial charge in [-0.25, -0.2) is 18.1 Å². The fourth-order valence-electron chi connectivity index (χ4n) is 2.03. The monoisotopic (exact) mass is 353 g/mol. The quantitative estimate of drug-likeness (QED) is 0.809. The molecule has 0 aromatic carbocycles. The van der Waals surface area contributed by atoms with Gasteiger partial charge in [0.25, 0.3) is 0 Å². The lowest BCUT2D eigenvalue weighted by Crippen LogP contribution is -2.47. The van der Waals surface area contributed by atoms with Crippen LogP contribution in [0.4, 0.5) is 0 Å². The zero-order valence-corrected chi connectivity index (χ0v) is 13.9. The summed E-state index contributed by atoms with van der Waals surface area (Å²) in [7, 11) is -3.68. The Bertz CT molecular complexity index is 597. The van der Waals surface area contributed by atoms with Crippen molar-refractivity contribution >= 4 is 33.2 Å². The molecule has 118 valence electrons. The molecule has 1 aliphatic rings. The number of rotatable bonds is 5. The van der Waals surface area contributed by atoms with Gasteiger partial charge in [0, 0.05) is 25.8 Å². The molecule has 1 atom stereocenters. The standard InChI is InChI=1S/C12H17Cl2N3O3S/c1-2-17-3-4-20-9(8-17)6-16-21(18,19)10-5-11(13)12(14)15-7-10/h5,7,9,16H,2-4,6,8H2,1H3. The number of hydrogen-bond acceptors (Lipinski definition) is 5. The second-order valence-electron chi connectivity index (χ2n) is 4.68. The number of nitrogens with one attached hydrogen (secondary N) is 1. The normalized spacial score (nSPS) is 20.6. The average Bonchev–Trinajstić information content (AvgIpc) is 2.48. The van der Waals surface area contributed by atoms with E-state index >= 15 is 0 Å². The van der Waals surface area contributed by atoms with Gasteiger partial charge in [-0.1, -0.05) is 30.1 Å². The van der Waals surface area contributed by atoms with E-state index in [0.717, 1.165) is 13.1 Å². The van der Waals surface area contributed by atoms with Gasteiger partial charge in [-0.15, -0.1) is 0 Å². The molecule has 9 heteroatoms. The molecule has 2 rings (SSSR count). The Balaban J connectivity index is 1.99. The number of sulfonamides is 1. The Hall–Kier alpha value is -0.440. The minimum atomic E-state index is -3.68. The van der Waals surface area contributed by atoms with E-state index in [0.29, 0.717) is 13.2 Å². The molecule has 1 saturated heterocycles. The molecule has 1 N–H and O–H groups in total. The van der Waals surface area contributed by atoms with Crippen LogP contribution in [0.5, 0.6) is 0 Å². The highest BCUT2D eigenvalue weighted by Gasteiger charge is 2.22. The minimum Gasteiger partial charge on any atom is -0.374 e. The molecule has 6 nitrogen and oxygen atoms in total. The third kappa shape index (κ3) is 4.51. The van der Waals surface area contributed by atoms with Gasteiger partial charge < -0.3 is 4.74 Å². The summed E-state index contributed by atoms with van der Waals surface area (Å²) in [6.45, 7) is 5.38. The van der Waals surface area contributed by atoms with E-state index < -0.39 is 10.0 Å². The molecule has 0 aliphatic carbocycles. The summed E-state index contributed by atoms with van der Waals surface area (Å²) in [4.78, 5) is 5.94. The first kappa shape index (κ1) is 16.9. The topological polar surface area (TPSA) is 71.5 Å². The maximum absolute atomic E-state index is 12.2. The third-order valence-corrected chi connectivity index (χ3v) is 5.33. The Labute approximate surface area is 134 Å². The van der Waals surface area contributed by atoms with Gasteiger partial charge in [-0.2, -0.15) is 0 Å². The summed E-state index contributed by atoms with van der Waals surface area (Å²) in [5.74, 6) is 0. The van der Waals surface area contributed by atoms with Crippen LogP contribution in [-0.4, -0.2) is 57.2 Å². The second-order valence-corrected chi connectivity index (χ2v) is 7.21. The number of ether oxygens (including phenoxy) is 1. The van der Waals surface area contributed by atoms with Crippen molar-refractivity contribution in [2.24, 2.45) is 0 Å². The van der Waals surface area contributed by atoms with Gasteiger partial charge >= 0.3 is 0 Å². The molecule has 1 aliphatic heterocycles. The van der Waals surface area contributed by atoms with E-state index in [1.54, 1.807) is 0 Å². The van der Waals surface area contributed by atoms with E-state index in [1.165, 1.54) is 12.3 Å². The molecule has 0 saturated carbocycles. The van der Waals surface area contributed by atoms with Crippen molar-refractivity contribution in [1.29, 1.82) is 0 Å². The first-order valence-electron chi connectivity index (χ1n) is 6.57. The Morgan fingerprint density at radius 2 is 2.29 bits per heavy atom. The molecule has 0 radical (unpaired) electrons. The van der Waals surface area contributed by atoms with Gasteiger partial charge in [0.1, 0.15) is 10.0 Å². The smallest absolute Gasteiger partial charge is 0.242 e. The van der Waals surface area contributed by atoms with Crippen LogP contribution >= 0.6 is 23.2 Å². The molecule has 0 bridgehead atoms. The zero-order valence-electron chi connectivity index (χ0n) is 11.6. The lowest BCUT2D eigenvalue weighted by molar-refractivity contribution is -0.0229. The van der Waals surface area contributed by atoms with Gasteiger partial charge in [-0.05, 0) is 12.6 Å². The number of aromatic nitrogens is 1. The van der Waals surface area contributed by atoms with Crippen molar-refractivity contribution < 1.29 is 13.2 Å². The second kappa shape index (κ2) is 7.21. The maximum atomic E-state index is 12.2. The van der Waals surface area contributed by atoms with Crippen molar-refractivity contribution in [3.8, 4) is 0 Å². The first-order valence-corrected chi connectivity index (χ1v) is 8.81. The Morgan fingerprint density at radius 1 is 1.52 bits per heavy atom. The first-order chi connectivity index (χ1) is 9.92. The fourth-order valence-corrected chi connectivity index (χ4v) is 3.40. The fraction of sp³-hybridized carbons (Fsp3) is 0.583. The molecule has 1 aromatic heterocycles. The summed E-state index contributed by atoms with van der Waals surface area (Å²) in [6.07, 6.45) is 1.01. The number of nitrogens with zero attached hydrogens (tertiary/aromatic N) is 2. The number of hydrogen-bond donors (Lipinski definition) is 1. The van der Waals surface area contributed by atoms with Crippen LogP contribution in [0.2, 0.25) is 10.2 Å². The average molecular weight is 354 g/mol. The molecule has 0 spiro atoms. The van der Waals surface area contributed by atoms with Crippen LogP contribution in [-0.2, 0) is 14.8 Å². The van der Waals surface area contributed by atoms with Gasteiger partial charge in [0.2, 0.25) is 10.0 Å². The van der Waals surface area contributed by atoms with Crippen LogP contribution in [0.3, 0.4) is 0 Å². The van der Waals surface area contributed by atoms with Crippen molar-refractivity contribution in [2.75, 3.05) is 32.8 Å². The van der Waals surface area contributed by atoms with Crippen molar-refractivity contribution in [3.05, 3.63) is 22.4 Å². The van der Waals surface area contributed by atoms with Crippen LogP contribution < -0.4 is 4.72 Å². The summed E-state index contributed by atoms with van der Waals surface area (Å²) < 4.78 is 32.4. The predicted molar refractivity (Wildman–Crippen MR) is 81.3 cm³/mol. The minimum absolute atomic E-state index is 0.0138. The highest BCUT2D eigenvalue weighted by Crippen LogP contribution is 2.22. The molecule has 1 unspecified atom stereocenters. The summed E-state index contributed by atoms with van der Waals surface area (Å²) in [5, 5.41) is 0.176. The van der Waals surface area contributed by atoms with E-state index in [-0.39, 0.29) is 27.7 Å². The van der Waals surface area contributed by atoms with Crippen LogP contribution in [0.25, 0.3) is 0 Å². The van der Waals surface area contributed by atoms with Crippen molar-refractivity contribution in [3.63, 3.8) is 0 Å². The predicted octanol–water partition coefficient (Wildman–Crippen LogP) is 1.39. The zero-order chi connectivity index (χ0) is 15.5. The van der Waals surface area contributed by atoms with Crippen molar-refractivity contribution in [1.82, 2.24) is 14.6 Å². The van der Waals surface area contributed by atoms with Gasteiger partial charge in [0.15, 0.2) is 0 Å². The van der Waals surface area contributed by atoms with Crippen LogP contribution in [0.1, 0.15) is 6.92 Å². The highest BCUT2D eigenvalue weighted by molar-refractivity contribution is 7.89. The lowest BCUT2D eigenvalue weighted by Gasteiger charge is -2.32. The van der Waals surface area contributed by atoms with E-state index in [4.69, 9.17) is 27.9 Å². The SMILES string of the molecule is CCN1CCOC(CNS(=O)(=O)c2cnc(Cl)c(Cl)c2)C1. The third-order valence-electron chi connectivity index (χ3n) is 3.25. The number of likely N-dealkylation sites (N-methyl/N-ethyl adjacent to an activating group) is 1. The Kier molecular flexibility index (Phi) is 5.81. The van der Waals surface area contributed by atoms with E-state index in [2.05, 4.69) is 21.5 Å². The molecule has 1 fully saturated rings. The van der Waals surface area contributed by atoms with Crippen LogP contribution in [0.15, 0.2) is 17.2 Å². The van der Waals surface area contributed by atoms with Crippen molar-refractivity contribution in [2.45, 2.75) is 17.9 Å². The maximum Gasteiger partial charge on any atom is 0.242 e. The van der Waals surface area contributed by atoms with Gasteiger partial charge in [-0.3, -0.25) is 4.90 Å². The molecule has 21 heavy (non-hydrogen) atoms. The highest BCUT2D eigenvalue weighted by atomic mass is 35.5.